The van der Waals surface area contributed by atoms with Gasteiger partial charge in [0, 0.05) is 24.2 Å². The van der Waals surface area contributed by atoms with Crippen molar-refractivity contribution in [2.75, 3.05) is 0 Å². The number of fused-ring (bicyclic) bond motifs is 1. The molecule has 0 spiro atoms. The lowest BCUT2D eigenvalue weighted by molar-refractivity contribution is 0.0944. The van der Waals surface area contributed by atoms with Crippen LogP contribution in [-0.4, -0.2) is 31.4 Å². The first-order valence-corrected chi connectivity index (χ1v) is 7.38. The number of amides is 1. The number of carbonyl (C=O) groups excluding carboxylic acids is 2. The lowest BCUT2D eigenvalue weighted by atomic mass is 10.1. The molecule has 0 saturated carbocycles. The van der Waals surface area contributed by atoms with Crippen molar-refractivity contribution in [3.8, 4) is 0 Å². The molecule has 1 aliphatic heterocycles. The number of rotatable bonds is 4. The highest BCUT2D eigenvalue weighted by molar-refractivity contribution is 6.02. The Kier molecular flexibility index (Phi) is 3.56. The van der Waals surface area contributed by atoms with Crippen LogP contribution in [0.15, 0.2) is 0 Å². The van der Waals surface area contributed by atoms with Crippen LogP contribution in [0.3, 0.4) is 0 Å². The van der Waals surface area contributed by atoms with Gasteiger partial charge >= 0.3 is 0 Å². The third-order valence-corrected chi connectivity index (χ3v) is 4.11. The SMILES string of the molecule is CC(=O)c1c(C)[nH]c(C(=O)NCc2nnc3n2CCC3)c1C. The highest BCUT2D eigenvalue weighted by Gasteiger charge is 2.21. The fourth-order valence-corrected chi connectivity index (χ4v) is 3.09. The molecule has 7 nitrogen and oxygen atoms in total. The monoisotopic (exact) mass is 301 g/mol. The first-order valence-electron chi connectivity index (χ1n) is 7.38. The van der Waals surface area contributed by atoms with Gasteiger partial charge in [-0.25, -0.2) is 0 Å². The van der Waals surface area contributed by atoms with E-state index in [0.29, 0.717) is 23.4 Å². The highest BCUT2D eigenvalue weighted by atomic mass is 16.2. The fraction of sp³-hybridized carbons (Fsp3) is 0.467. The number of nitrogens with zero attached hydrogens (tertiary/aromatic N) is 3. The van der Waals surface area contributed by atoms with Crippen LogP contribution in [0.5, 0.6) is 0 Å². The normalized spacial score (nSPS) is 13.2. The topological polar surface area (TPSA) is 92.7 Å². The Hall–Kier alpha value is -2.44. The predicted octanol–water partition coefficient (Wildman–Crippen LogP) is 1.30. The highest BCUT2D eigenvalue weighted by Crippen LogP contribution is 2.19. The van der Waals surface area contributed by atoms with Gasteiger partial charge in [-0.15, -0.1) is 10.2 Å². The Morgan fingerprint density at radius 2 is 2.09 bits per heavy atom. The number of aryl methyl sites for hydroxylation is 2. The molecule has 0 bridgehead atoms. The molecular formula is C15H19N5O2. The summed E-state index contributed by atoms with van der Waals surface area (Å²) in [6.07, 6.45) is 2.01. The zero-order chi connectivity index (χ0) is 15.9. The van der Waals surface area contributed by atoms with Crippen molar-refractivity contribution < 1.29 is 9.59 Å². The number of nitrogens with one attached hydrogen (secondary N) is 2. The summed E-state index contributed by atoms with van der Waals surface area (Å²) in [4.78, 5) is 27.0. The van der Waals surface area contributed by atoms with E-state index in [9.17, 15) is 9.59 Å². The van der Waals surface area contributed by atoms with E-state index in [2.05, 4.69) is 20.5 Å². The summed E-state index contributed by atoms with van der Waals surface area (Å²) in [5.74, 6) is 1.48. The molecule has 0 radical (unpaired) electrons. The molecule has 1 aliphatic rings. The maximum atomic E-state index is 12.3. The Balaban J connectivity index is 1.75. The van der Waals surface area contributed by atoms with Gasteiger partial charge in [-0.3, -0.25) is 9.59 Å². The second kappa shape index (κ2) is 5.40. The maximum Gasteiger partial charge on any atom is 0.268 e. The van der Waals surface area contributed by atoms with Gasteiger partial charge in [0.25, 0.3) is 5.91 Å². The van der Waals surface area contributed by atoms with Gasteiger partial charge < -0.3 is 14.9 Å². The van der Waals surface area contributed by atoms with Crippen molar-refractivity contribution in [1.82, 2.24) is 25.1 Å². The van der Waals surface area contributed by atoms with E-state index in [1.807, 2.05) is 4.57 Å². The standard InChI is InChI=1S/C15H19N5O2/c1-8-13(10(3)21)9(2)17-14(8)15(22)16-7-12-19-18-11-5-4-6-20(11)12/h17H,4-7H2,1-3H3,(H,16,22). The van der Waals surface area contributed by atoms with Crippen LogP contribution in [-0.2, 0) is 19.5 Å². The molecule has 0 unspecified atom stereocenters. The van der Waals surface area contributed by atoms with Gasteiger partial charge in [-0.05, 0) is 32.8 Å². The number of hydrogen-bond donors (Lipinski definition) is 2. The van der Waals surface area contributed by atoms with Gasteiger partial charge in [0.15, 0.2) is 11.6 Å². The molecule has 2 aromatic heterocycles. The summed E-state index contributed by atoms with van der Waals surface area (Å²) < 4.78 is 2.05. The van der Waals surface area contributed by atoms with E-state index in [1.165, 1.54) is 6.92 Å². The minimum Gasteiger partial charge on any atom is -0.354 e. The van der Waals surface area contributed by atoms with Crippen molar-refractivity contribution in [1.29, 1.82) is 0 Å². The largest absolute Gasteiger partial charge is 0.354 e. The second-order valence-corrected chi connectivity index (χ2v) is 5.65. The number of carbonyl (C=O) groups is 2. The maximum absolute atomic E-state index is 12.3. The summed E-state index contributed by atoms with van der Waals surface area (Å²) in [5, 5.41) is 11.1. The first-order chi connectivity index (χ1) is 10.5. The summed E-state index contributed by atoms with van der Waals surface area (Å²) >= 11 is 0. The molecule has 2 aromatic rings. The molecule has 0 saturated heterocycles. The fourth-order valence-electron chi connectivity index (χ4n) is 3.09. The average Bonchev–Trinajstić information content (AvgIpc) is 3.11. The lowest BCUT2D eigenvalue weighted by Gasteiger charge is -2.05. The van der Waals surface area contributed by atoms with Crippen molar-refractivity contribution in [3.63, 3.8) is 0 Å². The summed E-state index contributed by atoms with van der Waals surface area (Å²) in [6.45, 7) is 6.32. The minimum atomic E-state index is -0.233. The van der Waals surface area contributed by atoms with E-state index in [0.717, 1.165) is 36.7 Å². The van der Waals surface area contributed by atoms with Gasteiger partial charge in [0.2, 0.25) is 0 Å². The van der Waals surface area contributed by atoms with Gasteiger partial charge in [0.1, 0.15) is 11.5 Å². The van der Waals surface area contributed by atoms with Gasteiger partial charge in [-0.2, -0.15) is 0 Å². The van der Waals surface area contributed by atoms with E-state index in [4.69, 9.17) is 0 Å². The molecule has 1 amide bonds. The van der Waals surface area contributed by atoms with Crippen LogP contribution in [0.2, 0.25) is 0 Å². The lowest BCUT2D eigenvalue weighted by Crippen LogP contribution is -2.25. The molecule has 0 aliphatic carbocycles. The van der Waals surface area contributed by atoms with Crippen LogP contribution >= 0.6 is 0 Å². The van der Waals surface area contributed by atoms with Crippen LogP contribution < -0.4 is 5.32 Å². The summed E-state index contributed by atoms with van der Waals surface area (Å²) in [7, 11) is 0. The quantitative estimate of drug-likeness (QED) is 0.833. The smallest absolute Gasteiger partial charge is 0.268 e. The van der Waals surface area contributed by atoms with E-state index >= 15 is 0 Å². The summed E-state index contributed by atoms with van der Waals surface area (Å²) in [6, 6.07) is 0. The number of H-pyrrole nitrogens is 1. The van der Waals surface area contributed by atoms with E-state index < -0.39 is 0 Å². The van der Waals surface area contributed by atoms with Crippen molar-refractivity contribution in [2.45, 2.75) is 46.7 Å². The van der Waals surface area contributed by atoms with Crippen LogP contribution in [0.1, 0.15) is 57.1 Å². The van der Waals surface area contributed by atoms with Crippen molar-refractivity contribution in [2.24, 2.45) is 0 Å². The molecule has 3 heterocycles. The third-order valence-electron chi connectivity index (χ3n) is 4.11. The Bertz CT molecular complexity index is 756. The minimum absolute atomic E-state index is 0.0411. The first kappa shape index (κ1) is 14.5. The van der Waals surface area contributed by atoms with Crippen molar-refractivity contribution >= 4 is 11.7 Å². The number of aromatic amines is 1. The van der Waals surface area contributed by atoms with E-state index in [-0.39, 0.29) is 11.7 Å². The van der Waals surface area contributed by atoms with Crippen LogP contribution in [0.25, 0.3) is 0 Å². The van der Waals surface area contributed by atoms with Crippen LogP contribution in [0, 0.1) is 13.8 Å². The second-order valence-electron chi connectivity index (χ2n) is 5.65. The number of Topliss-reactive ketones (excluding diaryl/α,β-unsaturated/α-hetero) is 1. The summed E-state index contributed by atoms with van der Waals surface area (Å²) in [5.41, 5.74) is 2.44. The molecule has 116 valence electrons. The van der Waals surface area contributed by atoms with Crippen LogP contribution in [0.4, 0.5) is 0 Å². The molecular weight excluding hydrogens is 282 g/mol. The Labute approximate surface area is 128 Å². The molecule has 22 heavy (non-hydrogen) atoms. The number of ketones is 1. The Morgan fingerprint density at radius 3 is 2.77 bits per heavy atom. The third kappa shape index (κ3) is 2.32. The van der Waals surface area contributed by atoms with E-state index in [1.54, 1.807) is 13.8 Å². The Morgan fingerprint density at radius 1 is 1.32 bits per heavy atom. The number of hydrogen-bond acceptors (Lipinski definition) is 4. The van der Waals surface area contributed by atoms with Crippen molar-refractivity contribution in [3.05, 3.63) is 34.2 Å². The molecule has 0 atom stereocenters. The number of aromatic nitrogens is 4. The molecule has 2 N–H and O–H groups in total. The van der Waals surface area contributed by atoms with Gasteiger partial charge in [0.05, 0.1) is 6.54 Å². The zero-order valence-electron chi connectivity index (χ0n) is 13.0. The average molecular weight is 301 g/mol. The molecule has 3 rings (SSSR count). The molecule has 0 fully saturated rings. The molecule has 7 heteroatoms. The predicted molar refractivity (Wildman–Crippen MR) is 79.8 cm³/mol. The van der Waals surface area contributed by atoms with Gasteiger partial charge in [-0.1, -0.05) is 0 Å². The molecule has 0 aromatic carbocycles. The zero-order valence-corrected chi connectivity index (χ0v) is 13.0.